The molecule has 0 saturated carbocycles. The number of aryl methyl sites for hydroxylation is 2. The molecular formula is C24H31N3O2. The van der Waals surface area contributed by atoms with E-state index in [0.29, 0.717) is 19.6 Å². The van der Waals surface area contributed by atoms with Gasteiger partial charge in [0.05, 0.1) is 24.2 Å². The van der Waals surface area contributed by atoms with Crippen molar-refractivity contribution in [3.8, 4) is 5.75 Å². The fraction of sp³-hybridized carbons (Fsp3) is 0.417. The van der Waals surface area contributed by atoms with Gasteiger partial charge in [-0.3, -0.25) is 4.79 Å². The predicted molar refractivity (Wildman–Crippen MR) is 117 cm³/mol. The molecule has 1 aromatic heterocycles. The molecule has 0 bridgehead atoms. The van der Waals surface area contributed by atoms with Crippen LogP contribution in [0.5, 0.6) is 5.75 Å². The fourth-order valence-electron chi connectivity index (χ4n) is 3.44. The zero-order chi connectivity index (χ0) is 20.6. The number of amides is 1. The SMILES string of the molecule is CCCC(=O)NCc1nc2ccccc2n1CCCCOc1cccc(C)c1C. The van der Waals surface area contributed by atoms with E-state index in [1.54, 1.807) is 0 Å². The van der Waals surface area contributed by atoms with Crippen LogP contribution in [0.3, 0.4) is 0 Å². The number of carbonyl (C=O) groups is 1. The molecule has 0 aliphatic carbocycles. The molecule has 0 spiro atoms. The summed E-state index contributed by atoms with van der Waals surface area (Å²) in [7, 11) is 0. The predicted octanol–water partition coefficient (Wildman–Crippen LogP) is 4.93. The topological polar surface area (TPSA) is 56.2 Å². The number of imidazole rings is 1. The number of aromatic nitrogens is 2. The van der Waals surface area contributed by atoms with E-state index in [1.165, 1.54) is 11.1 Å². The number of para-hydroxylation sites is 2. The van der Waals surface area contributed by atoms with Gasteiger partial charge in [0, 0.05) is 13.0 Å². The van der Waals surface area contributed by atoms with Gasteiger partial charge < -0.3 is 14.6 Å². The first-order valence-electron chi connectivity index (χ1n) is 10.5. The number of unbranched alkanes of at least 4 members (excludes halogenated alkanes) is 1. The summed E-state index contributed by atoms with van der Waals surface area (Å²) in [6.07, 6.45) is 3.35. The zero-order valence-corrected chi connectivity index (χ0v) is 17.7. The second-order valence-electron chi connectivity index (χ2n) is 7.45. The molecule has 29 heavy (non-hydrogen) atoms. The third kappa shape index (κ3) is 5.37. The Labute approximate surface area is 173 Å². The molecular weight excluding hydrogens is 362 g/mol. The van der Waals surface area contributed by atoms with Crippen LogP contribution in [0.25, 0.3) is 11.0 Å². The van der Waals surface area contributed by atoms with E-state index in [9.17, 15) is 4.79 Å². The Hall–Kier alpha value is -2.82. The molecule has 2 aromatic carbocycles. The van der Waals surface area contributed by atoms with Crippen LogP contribution in [0.2, 0.25) is 0 Å². The van der Waals surface area contributed by atoms with Gasteiger partial charge in [0.15, 0.2) is 0 Å². The molecule has 5 heteroatoms. The highest BCUT2D eigenvalue weighted by Crippen LogP contribution is 2.21. The largest absolute Gasteiger partial charge is 0.493 e. The Morgan fingerprint density at radius 1 is 1.10 bits per heavy atom. The van der Waals surface area contributed by atoms with E-state index >= 15 is 0 Å². The van der Waals surface area contributed by atoms with E-state index in [2.05, 4.69) is 35.9 Å². The van der Waals surface area contributed by atoms with Crippen LogP contribution in [0.4, 0.5) is 0 Å². The van der Waals surface area contributed by atoms with Crippen molar-refractivity contribution in [3.63, 3.8) is 0 Å². The second kappa shape index (κ2) is 10.1. The number of fused-ring (bicyclic) bond motifs is 1. The average Bonchev–Trinajstić information content (AvgIpc) is 3.07. The summed E-state index contributed by atoms with van der Waals surface area (Å²) in [5, 5.41) is 2.99. The minimum absolute atomic E-state index is 0.0769. The fourth-order valence-corrected chi connectivity index (χ4v) is 3.44. The number of ether oxygens (including phenoxy) is 1. The summed E-state index contributed by atoms with van der Waals surface area (Å²) in [6.45, 7) is 8.23. The summed E-state index contributed by atoms with van der Waals surface area (Å²) in [5.41, 5.74) is 4.54. The van der Waals surface area contributed by atoms with Crippen LogP contribution in [-0.4, -0.2) is 22.1 Å². The molecule has 0 aliphatic heterocycles. The van der Waals surface area contributed by atoms with Gasteiger partial charge in [-0.05, 0) is 62.4 Å². The Morgan fingerprint density at radius 3 is 2.76 bits per heavy atom. The number of nitrogens with one attached hydrogen (secondary N) is 1. The number of carbonyl (C=O) groups excluding carboxylic acids is 1. The van der Waals surface area contributed by atoms with Gasteiger partial charge in [-0.25, -0.2) is 4.98 Å². The number of hydrogen-bond acceptors (Lipinski definition) is 3. The number of benzene rings is 2. The summed E-state index contributed by atoms with van der Waals surface area (Å²) in [5.74, 6) is 1.96. The van der Waals surface area contributed by atoms with E-state index < -0.39 is 0 Å². The lowest BCUT2D eigenvalue weighted by atomic mass is 10.1. The van der Waals surface area contributed by atoms with E-state index in [4.69, 9.17) is 9.72 Å². The maximum Gasteiger partial charge on any atom is 0.220 e. The minimum atomic E-state index is 0.0769. The van der Waals surface area contributed by atoms with Crippen molar-refractivity contribution in [2.75, 3.05) is 6.61 Å². The van der Waals surface area contributed by atoms with Crippen molar-refractivity contribution < 1.29 is 9.53 Å². The normalized spacial score (nSPS) is 11.0. The maximum atomic E-state index is 11.9. The van der Waals surface area contributed by atoms with Crippen LogP contribution >= 0.6 is 0 Å². The second-order valence-corrected chi connectivity index (χ2v) is 7.45. The molecule has 0 saturated heterocycles. The van der Waals surface area contributed by atoms with Crippen LogP contribution < -0.4 is 10.1 Å². The van der Waals surface area contributed by atoms with Crippen molar-refractivity contribution in [3.05, 3.63) is 59.4 Å². The average molecular weight is 394 g/mol. The van der Waals surface area contributed by atoms with Crippen molar-refractivity contribution in [1.29, 1.82) is 0 Å². The molecule has 3 rings (SSSR count). The Morgan fingerprint density at radius 2 is 1.93 bits per heavy atom. The van der Waals surface area contributed by atoms with Crippen molar-refractivity contribution in [2.45, 2.75) is 59.5 Å². The van der Waals surface area contributed by atoms with Gasteiger partial charge in [-0.1, -0.05) is 31.2 Å². The van der Waals surface area contributed by atoms with Gasteiger partial charge in [-0.2, -0.15) is 0 Å². The van der Waals surface area contributed by atoms with Crippen molar-refractivity contribution in [1.82, 2.24) is 14.9 Å². The number of hydrogen-bond donors (Lipinski definition) is 1. The summed E-state index contributed by atoms with van der Waals surface area (Å²) in [6, 6.07) is 14.3. The van der Waals surface area contributed by atoms with Gasteiger partial charge >= 0.3 is 0 Å². The molecule has 0 atom stereocenters. The molecule has 1 N–H and O–H groups in total. The summed E-state index contributed by atoms with van der Waals surface area (Å²) < 4.78 is 8.20. The highest BCUT2D eigenvalue weighted by molar-refractivity contribution is 5.77. The maximum absolute atomic E-state index is 11.9. The van der Waals surface area contributed by atoms with Crippen molar-refractivity contribution >= 4 is 16.9 Å². The highest BCUT2D eigenvalue weighted by atomic mass is 16.5. The minimum Gasteiger partial charge on any atom is -0.493 e. The van der Waals surface area contributed by atoms with Crippen LogP contribution in [-0.2, 0) is 17.9 Å². The van der Waals surface area contributed by atoms with Gasteiger partial charge in [0.2, 0.25) is 5.91 Å². The standard InChI is InChI=1S/C24H31N3O2/c1-4-10-24(28)25-17-23-26-20-12-5-6-13-21(20)27(23)15-7-8-16-29-22-14-9-11-18(2)19(22)3/h5-6,9,11-14H,4,7-8,10,15-17H2,1-3H3,(H,25,28). The number of rotatable bonds is 10. The van der Waals surface area contributed by atoms with Gasteiger partial charge in [0.1, 0.15) is 11.6 Å². The van der Waals surface area contributed by atoms with Crippen LogP contribution in [0.15, 0.2) is 42.5 Å². The third-order valence-corrected chi connectivity index (χ3v) is 5.24. The molecule has 3 aromatic rings. The third-order valence-electron chi connectivity index (χ3n) is 5.24. The first-order valence-corrected chi connectivity index (χ1v) is 10.5. The van der Waals surface area contributed by atoms with Gasteiger partial charge in [0.25, 0.3) is 0 Å². The zero-order valence-electron chi connectivity index (χ0n) is 17.7. The lowest BCUT2D eigenvalue weighted by Gasteiger charge is -2.12. The first-order chi connectivity index (χ1) is 14.1. The Kier molecular flexibility index (Phi) is 7.28. The summed E-state index contributed by atoms with van der Waals surface area (Å²) in [4.78, 5) is 16.6. The van der Waals surface area contributed by atoms with Gasteiger partial charge in [-0.15, -0.1) is 0 Å². The first kappa shape index (κ1) is 20.9. The molecule has 154 valence electrons. The van der Waals surface area contributed by atoms with E-state index in [-0.39, 0.29) is 5.91 Å². The number of nitrogens with zero attached hydrogens (tertiary/aromatic N) is 2. The lowest BCUT2D eigenvalue weighted by molar-refractivity contribution is -0.121. The Bertz CT molecular complexity index is 962. The van der Waals surface area contributed by atoms with E-state index in [1.807, 2.05) is 37.3 Å². The molecule has 0 radical (unpaired) electrons. The summed E-state index contributed by atoms with van der Waals surface area (Å²) >= 11 is 0. The molecule has 0 unspecified atom stereocenters. The molecule has 5 nitrogen and oxygen atoms in total. The van der Waals surface area contributed by atoms with Crippen LogP contribution in [0.1, 0.15) is 49.6 Å². The monoisotopic (exact) mass is 393 g/mol. The van der Waals surface area contributed by atoms with Crippen LogP contribution in [0, 0.1) is 13.8 Å². The lowest BCUT2D eigenvalue weighted by Crippen LogP contribution is -2.24. The molecule has 0 fully saturated rings. The molecule has 0 aliphatic rings. The molecule has 1 heterocycles. The van der Waals surface area contributed by atoms with E-state index in [0.717, 1.165) is 48.4 Å². The van der Waals surface area contributed by atoms with Crippen molar-refractivity contribution in [2.24, 2.45) is 0 Å². The smallest absolute Gasteiger partial charge is 0.220 e. The molecule has 1 amide bonds. The Balaban J connectivity index is 1.59. The quantitative estimate of drug-likeness (QED) is 0.497. The highest BCUT2D eigenvalue weighted by Gasteiger charge is 2.11.